The number of anilines is 2. The average molecular weight is 327 g/mol. The van der Waals surface area contributed by atoms with Crippen LogP contribution in [0, 0.1) is 0 Å². The third-order valence-electron chi connectivity index (χ3n) is 3.88. The minimum atomic E-state index is -1.70. The van der Waals surface area contributed by atoms with Crippen LogP contribution in [0.15, 0.2) is 42.6 Å². The van der Waals surface area contributed by atoms with Crippen molar-refractivity contribution in [1.29, 1.82) is 0 Å². The Labute approximate surface area is 139 Å². The summed E-state index contributed by atoms with van der Waals surface area (Å²) in [4.78, 5) is 30.9. The lowest BCUT2D eigenvalue weighted by atomic mass is 10.0. The summed E-state index contributed by atoms with van der Waals surface area (Å²) in [5, 5.41) is 2.70. The Morgan fingerprint density at radius 1 is 1.29 bits per heavy atom. The maximum absolute atomic E-state index is 12.8. The minimum Gasteiger partial charge on any atom is -0.495 e. The summed E-state index contributed by atoms with van der Waals surface area (Å²) in [6.07, 6.45) is 1.56. The molecule has 0 radical (unpaired) electrons. The van der Waals surface area contributed by atoms with Gasteiger partial charge < -0.3 is 14.8 Å². The van der Waals surface area contributed by atoms with Crippen molar-refractivity contribution in [3.63, 3.8) is 0 Å². The fourth-order valence-corrected chi connectivity index (χ4v) is 2.53. The number of fused-ring (bicyclic) bond motifs is 1. The first-order chi connectivity index (χ1) is 11.5. The van der Waals surface area contributed by atoms with Crippen molar-refractivity contribution >= 4 is 23.3 Å². The fourth-order valence-electron chi connectivity index (χ4n) is 2.53. The van der Waals surface area contributed by atoms with Crippen molar-refractivity contribution in [2.75, 3.05) is 24.4 Å². The number of methoxy groups -OCH3 is 1. The van der Waals surface area contributed by atoms with Gasteiger partial charge in [-0.1, -0.05) is 12.1 Å². The number of nitrogens with one attached hydrogen (secondary N) is 1. The van der Waals surface area contributed by atoms with Gasteiger partial charge in [0.15, 0.2) is 11.6 Å². The van der Waals surface area contributed by atoms with Crippen molar-refractivity contribution < 1.29 is 19.1 Å². The number of hydrogen-bond acceptors (Lipinski definition) is 5. The molecule has 0 saturated heterocycles. The SMILES string of the molecule is COc1ccccc1NC(=O)C1(C)Oc2cccnc2N(C)C1=O. The molecule has 0 saturated carbocycles. The van der Waals surface area contributed by atoms with E-state index in [-0.39, 0.29) is 0 Å². The van der Waals surface area contributed by atoms with Gasteiger partial charge in [-0.15, -0.1) is 0 Å². The van der Waals surface area contributed by atoms with Crippen molar-refractivity contribution in [3.8, 4) is 11.5 Å². The smallest absolute Gasteiger partial charge is 0.281 e. The Bertz CT molecular complexity index is 808. The number of carbonyl (C=O) groups is 2. The number of amides is 2. The van der Waals surface area contributed by atoms with Crippen LogP contribution in [0.1, 0.15) is 6.92 Å². The third kappa shape index (κ3) is 2.44. The first-order valence-electron chi connectivity index (χ1n) is 7.34. The molecular formula is C17H17N3O4. The van der Waals surface area contributed by atoms with Crippen LogP contribution in [0.4, 0.5) is 11.5 Å². The number of carbonyl (C=O) groups excluding carboxylic acids is 2. The van der Waals surface area contributed by atoms with E-state index < -0.39 is 17.4 Å². The van der Waals surface area contributed by atoms with E-state index >= 15 is 0 Å². The van der Waals surface area contributed by atoms with E-state index in [1.165, 1.54) is 18.9 Å². The highest BCUT2D eigenvalue weighted by Crippen LogP contribution is 2.36. The lowest BCUT2D eigenvalue weighted by molar-refractivity contribution is -0.145. The van der Waals surface area contributed by atoms with E-state index in [0.29, 0.717) is 23.0 Å². The zero-order valence-electron chi connectivity index (χ0n) is 13.6. The van der Waals surface area contributed by atoms with Crippen LogP contribution in [-0.4, -0.2) is 36.6 Å². The van der Waals surface area contributed by atoms with Gasteiger partial charge in [-0.25, -0.2) is 4.98 Å². The van der Waals surface area contributed by atoms with Gasteiger partial charge in [0.1, 0.15) is 5.75 Å². The fraction of sp³-hybridized carbons (Fsp3) is 0.235. The van der Waals surface area contributed by atoms with Crippen LogP contribution >= 0.6 is 0 Å². The molecular weight excluding hydrogens is 310 g/mol. The van der Waals surface area contributed by atoms with E-state index in [1.807, 2.05) is 0 Å². The molecule has 1 unspecified atom stereocenters. The Morgan fingerprint density at radius 2 is 2.04 bits per heavy atom. The van der Waals surface area contributed by atoms with Crippen LogP contribution < -0.4 is 19.7 Å². The number of ether oxygens (including phenoxy) is 2. The molecule has 7 heteroatoms. The molecule has 24 heavy (non-hydrogen) atoms. The van der Waals surface area contributed by atoms with Gasteiger partial charge in [0.25, 0.3) is 17.4 Å². The Morgan fingerprint density at radius 3 is 2.79 bits per heavy atom. The summed E-state index contributed by atoms with van der Waals surface area (Å²) in [6.45, 7) is 1.44. The van der Waals surface area contributed by atoms with Crippen molar-refractivity contribution in [2.24, 2.45) is 0 Å². The average Bonchev–Trinajstić information content (AvgIpc) is 2.60. The molecule has 2 heterocycles. The highest BCUT2D eigenvalue weighted by molar-refractivity contribution is 6.19. The standard InChI is InChI=1S/C17H17N3O4/c1-17(15(21)19-11-7-4-5-8-12(11)23-3)16(22)20(2)14-13(24-17)9-6-10-18-14/h4-10H,1-3H3,(H,19,21). The van der Waals surface area contributed by atoms with Crippen molar-refractivity contribution in [1.82, 2.24) is 4.98 Å². The quantitative estimate of drug-likeness (QED) is 0.870. The van der Waals surface area contributed by atoms with Crippen LogP contribution in [0.5, 0.6) is 11.5 Å². The Kier molecular flexibility index (Phi) is 3.84. The number of likely N-dealkylation sites (N-methyl/N-ethyl adjacent to an activating group) is 1. The van der Waals surface area contributed by atoms with E-state index in [1.54, 1.807) is 49.6 Å². The molecule has 0 aliphatic carbocycles. The van der Waals surface area contributed by atoms with Crippen molar-refractivity contribution in [3.05, 3.63) is 42.6 Å². The number of aromatic nitrogens is 1. The van der Waals surface area contributed by atoms with Gasteiger partial charge >= 0.3 is 0 Å². The number of hydrogen-bond donors (Lipinski definition) is 1. The summed E-state index contributed by atoms with van der Waals surface area (Å²) >= 11 is 0. The second-order valence-corrected chi connectivity index (χ2v) is 5.48. The lowest BCUT2D eigenvalue weighted by Crippen LogP contribution is -2.60. The van der Waals surface area contributed by atoms with Gasteiger partial charge in [0.2, 0.25) is 0 Å². The van der Waals surface area contributed by atoms with E-state index in [0.717, 1.165) is 0 Å². The van der Waals surface area contributed by atoms with Gasteiger partial charge in [0.05, 0.1) is 12.8 Å². The number of rotatable bonds is 3. The second-order valence-electron chi connectivity index (χ2n) is 5.48. The highest BCUT2D eigenvalue weighted by atomic mass is 16.5. The van der Waals surface area contributed by atoms with Gasteiger partial charge in [-0.05, 0) is 31.2 Å². The van der Waals surface area contributed by atoms with Crippen LogP contribution in [0.25, 0.3) is 0 Å². The van der Waals surface area contributed by atoms with Crippen molar-refractivity contribution in [2.45, 2.75) is 12.5 Å². The molecule has 1 aliphatic heterocycles. The summed E-state index contributed by atoms with van der Waals surface area (Å²) in [6, 6.07) is 10.3. The molecule has 124 valence electrons. The van der Waals surface area contributed by atoms with Gasteiger partial charge in [-0.2, -0.15) is 0 Å². The molecule has 3 rings (SSSR count). The molecule has 2 aromatic rings. The molecule has 1 aliphatic rings. The van der Waals surface area contributed by atoms with Gasteiger partial charge in [0, 0.05) is 13.2 Å². The first kappa shape index (κ1) is 15.8. The summed E-state index contributed by atoms with van der Waals surface area (Å²) in [7, 11) is 3.07. The largest absolute Gasteiger partial charge is 0.495 e. The maximum Gasteiger partial charge on any atom is 0.281 e. The zero-order chi connectivity index (χ0) is 17.3. The second kappa shape index (κ2) is 5.84. The lowest BCUT2D eigenvalue weighted by Gasteiger charge is -2.36. The molecule has 1 N–H and O–H groups in total. The molecule has 0 fully saturated rings. The normalized spacial score (nSPS) is 19.3. The number of benzene rings is 1. The van der Waals surface area contributed by atoms with Crippen LogP contribution in [0.3, 0.4) is 0 Å². The van der Waals surface area contributed by atoms with Gasteiger partial charge in [-0.3, -0.25) is 14.5 Å². The molecule has 0 bridgehead atoms. The summed E-state index contributed by atoms with van der Waals surface area (Å²) in [5.41, 5.74) is -1.24. The van der Waals surface area contributed by atoms with Crippen LogP contribution in [0.2, 0.25) is 0 Å². The van der Waals surface area contributed by atoms with Crippen LogP contribution in [-0.2, 0) is 9.59 Å². The first-order valence-corrected chi connectivity index (χ1v) is 7.34. The Balaban J connectivity index is 1.93. The third-order valence-corrected chi connectivity index (χ3v) is 3.88. The highest BCUT2D eigenvalue weighted by Gasteiger charge is 2.50. The summed E-state index contributed by atoms with van der Waals surface area (Å²) in [5.74, 6) is 0.162. The molecule has 0 spiro atoms. The monoisotopic (exact) mass is 327 g/mol. The van der Waals surface area contributed by atoms with E-state index in [9.17, 15) is 9.59 Å². The molecule has 2 amide bonds. The predicted octanol–water partition coefficient (Wildman–Crippen LogP) is 1.84. The number of nitrogens with zero attached hydrogens (tertiary/aromatic N) is 2. The van der Waals surface area contributed by atoms with E-state index in [4.69, 9.17) is 9.47 Å². The maximum atomic E-state index is 12.8. The minimum absolute atomic E-state index is 0.372. The molecule has 7 nitrogen and oxygen atoms in total. The summed E-state index contributed by atoms with van der Waals surface area (Å²) < 4.78 is 10.9. The predicted molar refractivity (Wildman–Crippen MR) is 88.3 cm³/mol. The zero-order valence-corrected chi connectivity index (χ0v) is 13.6. The molecule has 1 aromatic carbocycles. The molecule has 1 aromatic heterocycles. The molecule has 1 atom stereocenters. The van der Waals surface area contributed by atoms with E-state index in [2.05, 4.69) is 10.3 Å². The Hall–Kier alpha value is -3.09. The number of para-hydroxylation sites is 2. The topological polar surface area (TPSA) is 80.8 Å². The number of pyridine rings is 1.